The number of benzene rings is 2. The maximum Gasteiger partial charge on any atom is 0.273 e. The zero-order valence-electron chi connectivity index (χ0n) is 11.9. The van der Waals surface area contributed by atoms with Gasteiger partial charge in [0.05, 0.1) is 11.0 Å². The molecule has 1 fully saturated rings. The van der Waals surface area contributed by atoms with Crippen LogP contribution in [0.2, 0.25) is 0 Å². The quantitative estimate of drug-likeness (QED) is 0.757. The van der Waals surface area contributed by atoms with Crippen LogP contribution >= 0.6 is 0 Å². The first-order valence-corrected chi connectivity index (χ1v) is 7.08. The molecule has 5 heteroatoms. The summed E-state index contributed by atoms with van der Waals surface area (Å²) < 4.78 is 0. The van der Waals surface area contributed by atoms with Gasteiger partial charge in [0.15, 0.2) is 0 Å². The summed E-state index contributed by atoms with van der Waals surface area (Å²) in [4.78, 5) is 24.3. The first-order valence-electron chi connectivity index (χ1n) is 7.08. The standard InChI is InChI=1S/C17H16N2O3/c20-14-9-5-4-8-13(14)15(21)18-19-16(22)17(10-11-17)12-6-2-1-3-7-12/h1-9,20H,10-11H2,(H,18,21)(H,19,22). The first kappa shape index (κ1) is 14.1. The highest BCUT2D eigenvalue weighted by molar-refractivity contribution is 5.99. The smallest absolute Gasteiger partial charge is 0.273 e. The Balaban J connectivity index is 1.66. The molecule has 3 N–H and O–H groups in total. The summed E-state index contributed by atoms with van der Waals surface area (Å²) in [5, 5.41) is 9.62. The molecule has 5 nitrogen and oxygen atoms in total. The molecule has 3 rings (SSSR count). The number of carbonyl (C=O) groups is 2. The number of aromatic hydroxyl groups is 1. The van der Waals surface area contributed by atoms with Gasteiger partial charge in [-0.3, -0.25) is 20.4 Å². The van der Waals surface area contributed by atoms with Gasteiger partial charge < -0.3 is 5.11 Å². The zero-order chi connectivity index (χ0) is 15.6. The molecule has 0 bridgehead atoms. The van der Waals surface area contributed by atoms with Gasteiger partial charge in [0.2, 0.25) is 5.91 Å². The molecule has 0 aromatic heterocycles. The first-order chi connectivity index (χ1) is 10.6. The van der Waals surface area contributed by atoms with Crippen molar-refractivity contribution >= 4 is 11.8 Å². The van der Waals surface area contributed by atoms with Crippen molar-refractivity contribution in [3.05, 3.63) is 65.7 Å². The molecule has 0 aliphatic heterocycles. The number of para-hydroxylation sites is 1. The van der Waals surface area contributed by atoms with Crippen LogP contribution in [0.25, 0.3) is 0 Å². The van der Waals surface area contributed by atoms with Crippen molar-refractivity contribution in [1.29, 1.82) is 0 Å². The molecular formula is C17H16N2O3. The minimum atomic E-state index is -0.548. The summed E-state index contributed by atoms with van der Waals surface area (Å²) in [6.45, 7) is 0. The van der Waals surface area contributed by atoms with Crippen molar-refractivity contribution < 1.29 is 14.7 Å². The largest absolute Gasteiger partial charge is 0.507 e. The molecule has 0 atom stereocenters. The van der Waals surface area contributed by atoms with Crippen molar-refractivity contribution in [3.63, 3.8) is 0 Å². The van der Waals surface area contributed by atoms with E-state index in [1.54, 1.807) is 12.1 Å². The van der Waals surface area contributed by atoms with Crippen LogP contribution in [-0.2, 0) is 10.2 Å². The molecule has 0 unspecified atom stereocenters. The van der Waals surface area contributed by atoms with Gasteiger partial charge >= 0.3 is 0 Å². The van der Waals surface area contributed by atoms with Gasteiger partial charge in [0.25, 0.3) is 5.91 Å². The van der Waals surface area contributed by atoms with Gasteiger partial charge in [0.1, 0.15) is 5.75 Å². The molecule has 1 saturated carbocycles. The van der Waals surface area contributed by atoms with E-state index in [2.05, 4.69) is 10.9 Å². The minimum absolute atomic E-state index is 0.118. The molecule has 22 heavy (non-hydrogen) atoms. The Kier molecular flexibility index (Phi) is 3.55. The van der Waals surface area contributed by atoms with E-state index in [1.807, 2.05) is 30.3 Å². The van der Waals surface area contributed by atoms with E-state index in [9.17, 15) is 14.7 Å². The summed E-state index contributed by atoms with van der Waals surface area (Å²) >= 11 is 0. The third-order valence-corrected chi connectivity index (χ3v) is 3.95. The van der Waals surface area contributed by atoms with E-state index in [0.29, 0.717) is 0 Å². The Morgan fingerprint density at radius 3 is 2.18 bits per heavy atom. The topological polar surface area (TPSA) is 78.4 Å². The molecule has 2 aromatic carbocycles. The lowest BCUT2D eigenvalue weighted by atomic mass is 9.95. The van der Waals surface area contributed by atoms with Gasteiger partial charge in [-0.2, -0.15) is 0 Å². The van der Waals surface area contributed by atoms with Crippen LogP contribution in [0, 0.1) is 0 Å². The molecule has 0 spiro atoms. The number of nitrogens with one attached hydrogen (secondary N) is 2. The summed E-state index contributed by atoms with van der Waals surface area (Å²) in [5.41, 5.74) is 5.33. The normalized spacial score (nSPS) is 14.9. The van der Waals surface area contributed by atoms with E-state index in [0.717, 1.165) is 18.4 Å². The molecular weight excluding hydrogens is 280 g/mol. The lowest BCUT2D eigenvalue weighted by molar-refractivity contribution is -0.124. The number of hydrogen-bond donors (Lipinski definition) is 3. The predicted molar refractivity (Wildman–Crippen MR) is 81.1 cm³/mol. The van der Waals surface area contributed by atoms with Gasteiger partial charge in [-0.05, 0) is 30.5 Å². The third kappa shape index (κ3) is 2.53. The summed E-state index contributed by atoms with van der Waals surface area (Å²) in [6, 6.07) is 15.7. The highest BCUT2D eigenvalue weighted by Crippen LogP contribution is 2.48. The van der Waals surface area contributed by atoms with Crippen molar-refractivity contribution in [2.45, 2.75) is 18.3 Å². The minimum Gasteiger partial charge on any atom is -0.507 e. The fraction of sp³-hybridized carbons (Fsp3) is 0.176. The summed E-state index contributed by atoms with van der Waals surface area (Å²) in [7, 11) is 0. The number of phenolic OH excluding ortho intramolecular Hbond substituents is 1. The van der Waals surface area contributed by atoms with Crippen LogP contribution < -0.4 is 10.9 Å². The average molecular weight is 296 g/mol. The van der Waals surface area contributed by atoms with Crippen LogP contribution in [0.15, 0.2) is 54.6 Å². The zero-order valence-corrected chi connectivity index (χ0v) is 11.9. The van der Waals surface area contributed by atoms with E-state index in [1.165, 1.54) is 12.1 Å². The Hall–Kier alpha value is -2.82. The lowest BCUT2D eigenvalue weighted by Gasteiger charge is -2.16. The summed E-state index contributed by atoms with van der Waals surface area (Å²) in [6.07, 6.45) is 1.52. The molecule has 0 saturated heterocycles. The molecule has 0 radical (unpaired) electrons. The van der Waals surface area contributed by atoms with Crippen molar-refractivity contribution in [2.24, 2.45) is 0 Å². The second kappa shape index (κ2) is 5.52. The van der Waals surface area contributed by atoms with Gasteiger partial charge in [0, 0.05) is 0 Å². The maximum atomic E-state index is 12.4. The summed E-state index contributed by atoms with van der Waals surface area (Å²) in [5.74, 6) is -0.906. The van der Waals surface area contributed by atoms with Crippen LogP contribution in [0.1, 0.15) is 28.8 Å². The van der Waals surface area contributed by atoms with Gasteiger partial charge in [-0.25, -0.2) is 0 Å². The van der Waals surface area contributed by atoms with E-state index in [-0.39, 0.29) is 17.2 Å². The van der Waals surface area contributed by atoms with Gasteiger partial charge in [-0.1, -0.05) is 42.5 Å². The predicted octanol–water partition coefficient (Wildman–Crippen LogP) is 1.89. The Bertz CT molecular complexity index is 709. The van der Waals surface area contributed by atoms with Crippen molar-refractivity contribution in [3.8, 4) is 5.75 Å². The fourth-order valence-corrected chi connectivity index (χ4v) is 2.50. The van der Waals surface area contributed by atoms with Crippen molar-refractivity contribution in [2.75, 3.05) is 0 Å². The fourth-order valence-electron chi connectivity index (χ4n) is 2.50. The number of rotatable bonds is 3. The van der Waals surface area contributed by atoms with E-state index >= 15 is 0 Å². The van der Waals surface area contributed by atoms with E-state index in [4.69, 9.17) is 0 Å². The Labute approximate surface area is 127 Å². The molecule has 1 aliphatic carbocycles. The second-order valence-corrected chi connectivity index (χ2v) is 5.37. The molecule has 2 aromatic rings. The Morgan fingerprint density at radius 2 is 1.55 bits per heavy atom. The maximum absolute atomic E-state index is 12.4. The third-order valence-electron chi connectivity index (χ3n) is 3.95. The molecule has 2 amide bonds. The second-order valence-electron chi connectivity index (χ2n) is 5.37. The van der Waals surface area contributed by atoms with Crippen LogP contribution in [-0.4, -0.2) is 16.9 Å². The van der Waals surface area contributed by atoms with E-state index < -0.39 is 11.3 Å². The van der Waals surface area contributed by atoms with Crippen LogP contribution in [0.4, 0.5) is 0 Å². The Morgan fingerprint density at radius 1 is 0.909 bits per heavy atom. The number of carbonyl (C=O) groups excluding carboxylic acids is 2. The van der Waals surface area contributed by atoms with Gasteiger partial charge in [-0.15, -0.1) is 0 Å². The highest BCUT2D eigenvalue weighted by atomic mass is 16.3. The van der Waals surface area contributed by atoms with Crippen LogP contribution in [0.3, 0.4) is 0 Å². The number of amides is 2. The lowest BCUT2D eigenvalue weighted by Crippen LogP contribution is -2.46. The molecule has 112 valence electrons. The number of hydrazine groups is 1. The molecule has 0 heterocycles. The number of phenols is 1. The monoisotopic (exact) mass is 296 g/mol. The number of hydrogen-bond acceptors (Lipinski definition) is 3. The van der Waals surface area contributed by atoms with Crippen molar-refractivity contribution in [1.82, 2.24) is 10.9 Å². The SMILES string of the molecule is O=C(NNC(=O)C1(c2ccccc2)CC1)c1ccccc1O. The highest BCUT2D eigenvalue weighted by Gasteiger charge is 2.51. The molecule has 1 aliphatic rings. The van der Waals surface area contributed by atoms with Crippen LogP contribution in [0.5, 0.6) is 5.75 Å². The average Bonchev–Trinajstić information content (AvgIpc) is 3.35.